The number of nitrogens with zero attached hydrogens (tertiary/aromatic N) is 4. The van der Waals surface area contributed by atoms with Gasteiger partial charge in [-0.1, -0.05) is 36.4 Å². The van der Waals surface area contributed by atoms with E-state index in [4.69, 9.17) is 9.47 Å². The van der Waals surface area contributed by atoms with E-state index in [1.165, 1.54) is 22.3 Å². The van der Waals surface area contributed by atoms with Gasteiger partial charge in [0.05, 0.1) is 38.1 Å². The average molecular weight is 587 g/mol. The molecular formula is C38H42N4O2. The summed E-state index contributed by atoms with van der Waals surface area (Å²) < 4.78 is 12.0. The average Bonchev–Trinajstić information content (AvgIpc) is 3.00. The molecule has 4 rings (SSSR count). The third-order valence-corrected chi connectivity index (χ3v) is 7.47. The molecular weight excluding hydrogens is 544 g/mol. The fraction of sp³-hybridized carbons (Fsp3) is 0.263. The van der Waals surface area contributed by atoms with Crippen molar-refractivity contribution in [2.24, 2.45) is 20.4 Å². The molecule has 0 aliphatic rings. The number of ether oxygens (including phenoxy) is 2. The molecule has 0 fully saturated rings. The van der Waals surface area contributed by atoms with Gasteiger partial charge in [0.15, 0.2) is 0 Å². The summed E-state index contributed by atoms with van der Waals surface area (Å²) in [6.07, 6.45) is 8.86. The van der Waals surface area contributed by atoms with Crippen LogP contribution in [-0.4, -0.2) is 38.1 Å². The maximum Gasteiger partial charge on any atom is 0.122 e. The molecule has 0 amide bonds. The molecule has 6 heteroatoms. The molecule has 6 nitrogen and oxygen atoms in total. The first-order chi connectivity index (χ1) is 21.3. The van der Waals surface area contributed by atoms with Crippen LogP contribution in [0.1, 0.15) is 68.5 Å². The predicted octanol–water partition coefficient (Wildman–Crippen LogP) is 8.68. The van der Waals surface area contributed by atoms with Crippen LogP contribution in [0.15, 0.2) is 93.2 Å². The molecule has 0 heterocycles. The van der Waals surface area contributed by atoms with Crippen LogP contribution < -0.4 is 9.47 Å². The van der Waals surface area contributed by atoms with Crippen LogP contribution in [0.3, 0.4) is 0 Å². The van der Waals surface area contributed by atoms with Gasteiger partial charge in [0.1, 0.15) is 11.5 Å². The van der Waals surface area contributed by atoms with Crippen molar-refractivity contribution in [1.29, 1.82) is 0 Å². The van der Waals surface area contributed by atoms with Crippen molar-refractivity contribution >= 4 is 24.9 Å². The van der Waals surface area contributed by atoms with Gasteiger partial charge >= 0.3 is 0 Å². The van der Waals surface area contributed by atoms with E-state index in [1.807, 2.05) is 50.2 Å². The van der Waals surface area contributed by atoms with E-state index in [0.29, 0.717) is 13.2 Å². The first-order valence-corrected chi connectivity index (χ1v) is 15.0. The van der Waals surface area contributed by atoms with Crippen LogP contribution in [0.5, 0.6) is 11.5 Å². The lowest BCUT2D eigenvalue weighted by Gasteiger charge is -2.11. The number of hydrogen-bond acceptors (Lipinski definition) is 6. The van der Waals surface area contributed by atoms with Crippen LogP contribution in [0.4, 0.5) is 0 Å². The first-order valence-electron chi connectivity index (χ1n) is 15.0. The molecule has 0 saturated heterocycles. The second kappa shape index (κ2) is 16.1. The van der Waals surface area contributed by atoms with E-state index in [1.54, 1.807) is 24.9 Å². The summed E-state index contributed by atoms with van der Waals surface area (Å²) in [6, 6.07) is 24.6. The van der Waals surface area contributed by atoms with Gasteiger partial charge in [-0.15, -0.1) is 0 Å². The lowest BCUT2D eigenvalue weighted by Crippen LogP contribution is -2.04. The summed E-state index contributed by atoms with van der Waals surface area (Å²) in [5.41, 5.74) is 11.2. The molecule has 0 aromatic heterocycles. The Morgan fingerprint density at radius 2 is 0.727 bits per heavy atom. The van der Waals surface area contributed by atoms with E-state index < -0.39 is 0 Å². The fourth-order valence-corrected chi connectivity index (χ4v) is 4.49. The Morgan fingerprint density at radius 3 is 1.05 bits per heavy atom. The maximum absolute atomic E-state index is 6.02. The van der Waals surface area contributed by atoms with Gasteiger partial charge in [0.25, 0.3) is 0 Å². The van der Waals surface area contributed by atoms with Crippen molar-refractivity contribution in [1.82, 2.24) is 0 Å². The van der Waals surface area contributed by atoms with Crippen LogP contribution in [0.2, 0.25) is 0 Å². The van der Waals surface area contributed by atoms with Crippen LogP contribution in [0.25, 0.3) is 0 Å². The number of aryl methyl sites for hydroxylation is 6. The lowest BCUT2D eigenvalue weighted by atomic mass is 10.1. The normalized spacial score (nSPS) is 11.9. The highest BCUT2D eigenvalue weighted by atomic mass is 16.5. The SMILES string of the molecule is Cc1ccc(/C=N/N=C/c2ccc(OCCCCOc3ccc(/C=N/N=C/c4ccc(C)c(C)c4)cc3C)c(C)c2)cc1C. The van der Waals surface area contributed by atoms with Gasteiger partial charge in [-0.3, -0.25) is 0 Å². The van der Waals surface area contributed by atoms with E-state index in [2.05, 4.69) is 84.5 Å². The predicted molar refractivity (Wildman–Crippen MR) is 185 cm³/mol. The highest BCUT2D eigenvalue weighted by Gasteiger charge is 2.03. The molecule has 0 N–H and O–H groups in total. The van der Waals surface area contributed by atoms with E-state index in [-0.39, 0.29) is 0 Å². The largest absolute Gasteiger partial charge is 0.493 e. The summed E-state index contributed by atoms with van der Waals surface area (Å²) in [6.45, 7) is 13.8. The molecule has 226 valence electrons. The van der Waals surface area contributed by atoms with Gasteiger partial charge in [0.2, 0.25) is 0 Å². The molecule has 44 heavy (non-hydrogen) atoms. The van der Waals surface area contributed by atoms with Gasteiger partial charge < -0.3 is 9.47 Å². The summed E-state index contributed by atoms with van der Waals surface area (Å²) in [7, 11) is 0. The molecule has 0 radical (unpaired) electrons. The smallest absolute Gasteiger partial charge is 0.122 e. The fourth-order valence-electron chi connectivity index (χ4n) is 4.49. The Bertz CT molecular complexity index is 1560. The van der Waals surface area contributed by atoms with Crippen molar-refractivity contribution in [3.63, 3.8) is 0 Å². The molecule has 0 unspecified atom stereocenters. The highest BCUT2D eigenvalue weighted by molar-refractivity contribution is 5.84. The maximum atomic E-state index is 6.02. The van der Waals surface area contributed by atoms with E-state index in [0.717, 1.165) is 57.7 Å². The van der Waals surface area contributed by atoms with Crippen LogP contribution >= 0.6 is 0 Å². The van der Waals surface area contributed by atoms with Crippen molar-refractivity contribution in [3.8, 4) is 11.5 Å². The monoisotopic (exact) mass is 586 g/mol. The standard InChI is InChI=1S/C38H42N4O2/c1-27-9-11-33(19-29(27)3)23-39-41-25-35-13-15-37(31(5)21-35)43-17-7-8-18-44-38-16-14-36(22-32(38)6)26-42-40-24-34-12-10-28(2)30(4)20-34/h9-16,19-26H,7-8,17-18H2,1-6H3/b39-23+,40-24+,41-25+,42-26+. The Morgan fingerprint density at radius 1 is 0.409 bits per heavy atom. The number of unbranched alkanes of at least 4 members (excludes halogenated alkanes) is 1. The number of rotatable bonds is 13. The zero-order valence-electron chi connectivity index (χ0n) is 26.7. The van der Waals surface area contributed by atoms with Gasteiger partial charge in [-0.25, -0.2) is 0 Å². The molecule has 4 aromatic rings. The zero-order chi connectivity index (χ0) is 31.3. The minimum atomic E-state index is 0.634. The summed E-state index contributed by atoms with van der Waals surface area (Å²) in [5, 5.41) is 16.8. The van der Waals surface area contributed by atoms with Gasteiger partial charge in [0, 0.05) is 0 Å². The third-order valence-electron chi connectivity index (χ3n) is 7.47. The summed E-state index contributed by atoms with van der Waals surface area (Å²) in [5.74, 6) is 1.77. The van der Waals surface area contributed by atoms with Gasteiger partial charge in [-0.05, 0) is 146 Å². The second-order valence-electron chi connectivity index (χ2n) is 11.1. The van der Waals surface area contributed by atoms with Crippen molar-refractivity contribution in [2.75, 3.05) is 13.2 Å². The molecule has 0 aliphatic heterocycles. The number of benzene rings is 4. The quantitative estimate of drug-likeness (QED) is 0.0893. The Hall–Kier alpha value is -4.84. The zero-order valence-corrected chi connectivity index (χ0v) is 26.7. The minimum absolute atomic E-state index is 0.634. The summed E-state index contributed by atoms with van der Waals surface area (Å²) >= 11 is 0. The third kappa shape index (κ3) is 9.87. The molecule has 0 spiro atoms. The van der Waals surface area contributed by atoms with Crippen molar-refractivity contribution in [2.45, 2.75) is 54.4 Å². The highest BCUT2D eigenvalue weighted by Crippen LogP contribution is 2.20. The van der Waals surface area contributed by atoms with E-state index >= 15 is 0 Å². The molecule has 0 aliphatic carbocycles. The lowest BCUT2D eigenvalue weighted by molar-refractivity contribution is 0.265. The molecule has 0 atom stereocenters. The van der Waals surface area contributed by atoms with Crippen LogP contribution in [0, 0.1) is 41.5 Å². The number of hydrogen-bond donors (Lipinski definition) is 0. The van der Waals surface area contributed by atoms with Gasteiger partial charge in [-0.2, -0.15) is 20.4 Å². The van der Waals surface area contributed by atoms with Crippen LogP contribution in [-0.2, 0) is 0 Å². The first kappa shape index (κ1) is 32.1. The second-order valence-corrected chi connectivity index (χ2v) is 11.1. The topological polar surface area (TPSA) is 67.9 Å². The molecule has 0 bridgehead atoms. The molecule has 4 aromatic carbocycles. The summed E-state index contributed by atoms with van der Waals surface area (Å²) in [4.78, 5) is 0. The van der Waals surface area contributed by atoms with Crippen molar-refractivity contribution in [3.05, 3.63) is 128 Å². The van der Waals surface area contributed by atoms with Crippen molar-refractivity contribution < 1.29 is 9.47 Å². The molecule has 0 saturated carbocycles. The van der Waals surface area contributed by atoms with E-state index in [9.17, 15) is 0 Å². The Kier molecular flexibility index (Phi) is 11.8. The Labute approximate surface area is 261 Å². The minimum Gasteiger partial charge on any atom is -0.493 e. The Balaban J connectivity index is 1.15.